The van der Waals surface area contributed by atoms with Crippen LogP contribution in [-0.2, 0) is 0 Å². The molecule has 0 aliphatic rings. The van der Waals surface area contributed by atoms with Gasteiger partial charge in [-0.2, -0.15) is 9.78 Å². The Morgan fingerprint density at radius 3 is 2.17 bits per heavy atom. The van der Waals surface area contributed by atoms with E-state index in [4.69, 9.17) is 5.73 Å². The molecule has 0 saturated heterocycles. The summed E-state index contributed by atoms with van der Waals surface area (Å²) >= 11 is 0. The van der Waals surface area contributed by atoms with E-state index in [1.165, 1.54) is 48.5 Å². The molecule has 0 unspecified atom stereocenters. The van der Waals surface area contributed by atoms with Crippen LogP contribution in [0.5, 0.6) is 0 Å². The number of nitrogens with one attached hydrogen (secondary N) is 1. The van der Waals surface area contributed by atoms with E-state index in [-0.39, 0.29) is 34.4 Å². The number of rotatable bonds is 7. The monoisotopic (exact) mass is 478 g/mol. The summed E-state index contributed by atoms with van der Waals surface area (Å²) in [5.74, 6) is -0.937. The number of amides is 1. The number of benzene rings is 2. The fourth-order valence-corrected chi connectivity index (χ4v) is 3.00. The lowest BCUT2D eigenvalue weighted by Crippen LogP contribution is -2.21. The van der Waals surface area contributed by atoms with Gasteiger partial charge in [0, 0.05) is 29.8 Å². The van der Waals surface area contributed by atoms with E-state index in [0.29, 0.717) is 16.8 Å². The number of hydrogen-bond donors (Lipinski definition) is 2. The number of nitro benzene ring substituents is 2. The first-order chi connectivity index (χ1) is 16.8. The minimum Gasteiger partial charge on any atom is -0.378 e. The highest BCUT2D eigenvalue weighted by Gasteiger charge is 2.25. The molecule has 0 spiro atoms. The molecule has 0 fully saturated rings. The van der Waals surface area contributed by atoms with Crippen molar-refractivity contribution in [1.29, 1.82) is 0 Å². The Labute approximate surface area is 194 Å². The van der Waals surface area contributed by atoms with Crippen LogP contribution in [-0.4, -0.2) is 46.8 Å². The Hall–Kier alpha value is -5.54. The third-order valence-corrected chi connectivity index (χ3v) is 4.75. The van der Waals surface area contributed by atoms with E-state index in [9.17, 15) is 25.0 Å². The molecule has 16 nitrogen and oxygen atoms in total. The van der Waals surface area contributed by atoms with Crippen molar-refractivity contribution in [2.24, 2.45) is 5.10 Å². The smallest absolute Gasteiger partial charge is 0.294 e. The van der Waals surface area contributed by atoms with E-state index in [1.54, 1.807) is 6.92 Å². The first-order valence-corrected chi connectivity index (χ1v) is 9.64. The van der Waals surface area contributed by atoms with Crippen molar-refractivity contribution in [2.75, 3.05) is 5.73 Å². The molecular formula is C19H14N10O6. The van der Waals surface area contributed by atoms with Crippen LogP contribution < -0.4 is 11.2 Å². The maximum absolute atomic E-state index is 12.9. The zero-order chi connectivity index (χ0) is 25.1. The number of nitrogen functional groups attached to an aromatic ring is 1. The standard InChI is InChI=1S/C19H14N10O6/c1-10(11-2-6-13(7-3-11)28(31)32)21-23-19(30)15-16(12-4-8-14(9-5-12)29(33)34)27(26-22-15)18-17(20)24-35-25-18/h2-9H,1H3,(H2,20,24)(H,23,30)/b21-10-. The summed E-state index contributed by atoms with van der Waals surface area (Å²) in [6.07, 6.45) is 0. The van der Waals surface area contributed by atoms with Crippen LogP contribution in [0.3, 0.4) is 0 Å². The van der Waals surface area contributed by atoms with Gasteiger partial charge in [-0.05, 0) is 47.1 Å². The second kappa shape index (κ2) is 9.14. The number of carbonyl (C=O) groups excluding carboxylic acids is 1. The highest BCUT2D eigenvalue weighted by molar-refractivity contribution is 6.02. The van der Waals surface area contributed by atoms with Crippen LogP contribution in [0.25, 0.3) is 17.1 Å². The van der Waals surface area contributed by atoms with E-state index in [1.807, 2.05) is 0 Å². The molecule has 176 valence electrons. The second-order valence-corrected chi connectivity index (χ2v) is 6.92. The van der Waals surface area contributed by atoms with Gasteiger partial charge in [-0.15, -0.1) is 5.10 Å². The Kier molecular flexibility index (Phi) is 5.91. The normalized spacial score (nSPS) is 11.3. The summed E-state index contributed by atoms with van der Waals surface area (Å²) in [5, 5.41) is 40.8. The molecule has 2 heterocycles. The van der Waals surface area contributed by atoms with Crippen molar-refractivity contribution in [3.05, 3.63) is 80.0 Å². The van der Waals surface area contributed by atoms with Crippen molar-refractivity contribution in [3.8, 4) is 17.1 Å². The Balaban J connectivity index is 1.68. The summed E-state index contributed by atoms with van der Waals surface area (Å²) < 4.78 is 5.70. The SMILES string of the molecule is C/C(=N/NC(=O)c1nnn(-c2nonc2N)c1-c1ccc([N+](=O)[O-])cc1)c1ccc([N+](=O)[O-])cc1. The molecular weight excluding hydrogens is 464 g/mol. The van der Waals surface area contributed by atoms with E-state index < -0.39 is 15.8 Å². The zero-order valence-corrected chi connectivity index (χ0v) is 17.7. The number of hydrogen-bond acceptors (Lipinski definition) is 12. The van der Waals surface area contributed by atoms with Gasteiger partial charge in [0.25, 0.3) is 17.3 Å². The molecule has 0 bridgehead atoms. The first-order valence-electron chi connectivity index (χ1n) is 9.64. The average Bonchev–Trinajstić information content (AvgIpc) is 3.48. The molecule has 2 aromatic heterocycles. The van der Waals surface area contributed by atoms with Gasteiger partial charge in [0.15, 0.2) is 5.69 Å². The highest BCUT2D eigenvalue weighted by Crippen LogP contribution is 2.28. The van der Waals surface area contributed by atoms with Crippen molar-refractivity contribution in [2.45, 2.75) is 6.92 Å². The maximum Gasteiger partial charge on any atom is 0.294 e. The van der Waals surface area contributed by atoms with Crippen LogP contribution in [0.15, 0.2) is 58.3 Å². The van der Waals surface area contributed by atoms with Gasteiger partial charge >= 0.3 is 0 Å². The molecule has 1 amide bonds. The summed E-state index contributed by atoms with van der Waals surface area (Å²) in [6.45, 7) is 1.59. The fraction of sp³-hybridized carbons (Fsp3) is 0.0526. The molecule has 35 heavy (non-hydrogen) atoms. The van der Waals surface area contributed by atoms with E-state index >= 15 is 0 Å². The number of nitro groups is 2. The van der Waals surface area contributed by atoms with Crippen LogP contribution >= 0.6 is 0 Å². The van der Waals surface area contributed by atoms with Crippen molar-refractivity contribution in [3.63, 3.8) is 0 Å². The number of hydrazone groups is 1. The molecule has 4 aromatic rings. The third-order valence-electron chi connectivity index (χ3n) is 4.75. The van der Waals surface area contributed by atoms with Gasteiger partial charge < -0.3 is 5.73 Å². The number of aromatic nitrogens is 5. The molecule has 2 aromatic carbocycles. The lowest BCUT2D eigenvalue weighted by atomic mass is 10.1. The largest absolute Gasteiger partial charge is 0.378 e. The number of non-ortho nitro benzene ring substituents is 2. The van der Waals surface area contributed by atoms with Crippen LogP contribution in [0.2, 0.25) is 0 Å². The fourth-order valence-electron chi connectivity index (χ4n) is 3.00. The molecule has 3 N–H and O–H groups in total. The summed E-state index contributed by atoms with van der Waals surface area (Å²) in [5.41, 5.74) is 9.00. The van der Waals surface area contributed by atoms with Gasteiger partial charge in [0.05, 0.1) is 15.6 Å². The van der Waals surface area contributed by atoms with Crippen molar-refractivity contribution in [1.82, 2.24) is 30.7 Å². The topological polar surface area (TPSA) is 223 Å². The predicted octanol–water partition coefficient (Wildman–Crippen LogP) is 1.87. The first kappa shape index (κ1) is 22.6. The summed E-state index contributed by atoms with van der Waals surface area (Å²) in [7, 11) is 0. The molecule has 0 saturated carbocycles. The van der Waals surface area contributed by atoms with Crippen molar-refractivity contribution < 1.29 is 19.3 Å². The Bertz CT molecular complexity index is 1460. The van der Waals surface area contributed by atoms with E-state index in [2.05, 4.69) is 35.8 Å². The van der Waals surface area contributed by atoms with Gasteiger partial charge in [-0.1, -0.05) is 5.21 Å². The average molecular weight is 478 g/mol. The van der Waals surface area contributed by atoms with Gasteiger partial charge in [-0.3, -0.25) is 25.0 Å². The Morgan fingerprint density at radius 2 is 1.63 bits per heavy atom. The quantitative estimate of drug-likeness (QED) is 0.221. The predicted molar refractivity (Wildman–Crippen MR) is 118 cm³/mol. The zero-order valence-electron chi connectivity index (χ0n) is 17.7. The Morgan fingerprint density at radius 1 is 1.03 bits per heavy atom. The van der Waals surface area contributed by atoms with Gasteiger partial charge in [-0.25, -0.2) is 10.1 Å². The second-order valence-electron chi connectivity index (χ2n) is 6.92. The van der Waals surface area contributed by atoms with Crippen LogP contribution in [0.1, 0.15) is 23.0 Å². The number of nitrogens with zero attached hydrogens (tertiary/aromatic N) is 8. The minimum absolute atomic E-state index is 0.0459. The van der Waals surface area contributed by atoms with Gasteiger partial charge in [0.1, 0.15) is 5.69 Å². The van der Waals surface area contributed by atoms with Crippen molar-refractivity contribution >= 4 is 28.8 Å². The number of anilines is 1. The lowest BCUT2D eigenvalue weighted by Gasteiger charge is -2.06. The molecule has 0 aliphatic carbocycles. The minimum atomic E-state index is -0.763. The van der Waals surface area contributed by atoms with E-state index in [0.717, 1.165) is 4.68 Å². The third kappa shape index (κ3) is 4.51. The summed E-state index contributed by atoms with van der Waals surface area (Å²) in [4.78, 5) is 33.7. The van der Waals surface area contributed by atoms with Gasteiger partial charge in [0.2, 0.25) is 11.6 Å². The highest BCUT2D eigenvalue weighted by atomic mass is 16.6. The molecule has 4 rings (SSSR count). The number of nitrogens with two attached hydrogens (primary N) is 1. The molecule has 0 aliphatic heterocycles. The van der Waals surface area contributed by atoms with Crippen LogP contribution in [0, 0.1) is 20.2 Å². The summed E-state index contributed by atoms with van der Waals surface area (Å²) in [6, 6.07) is 10.9. The molecule has 16 heteroatoms. The maximum atomic E-state index is 12.9. The molecule has 0 atom stereocenters. The van der Waals surface area contributed by atoms with Crippen LogP contribution in [0.4, 0.5) is 17.2 Å². The number of carbonyl (C=O) groups is 1. The lowest BCUT2D eigenvalue weighted by molar-refractivity contribution is -0.385. The molecule has 0 radical (unpaired) electrons.